The van der Waals surface area contributed by atoms with E-state index in [9.17, 15) is 0 Å². The van der Waals surface area contributed by atoms with Gasteiger partial charge >= 0.3 is 0 Å². The first kappa shape index (κ1) is 10.4. The van der Waals surface area contributed by atoms with Crippen molar-refractivity contribution in [1.82, 2.24) is 9.78 Å². The van der Waals surface area contributed by atoms with Gasteiger partial charge in [0.2, 0.25) is 0 Å². The number of hydrogen-bond donors (Lipinski definition) is 0. The average molecular weight is 265 g/mol. The number of hydrogen-bond acceptors (Lipinski definition) is 1. The average Bonchev–Trinajstić information content (AvgIpc) is 2.60. The van der Waals surface area contributed by atoms with Crippen LogP contribution in [0.4, 0.5) is 0 Å². The van der Waals surface area contributed by atoms with Gasteiger partial charge in [-0.05, 0) is 12.5 Å². The molecule has 3 heteroatoms. The van der Waals surface area contributed by atoms with Crippen molar-refractivity contribution in [2.45, 2.75) is 18.8 Å². The molecular formula is C12H13BrN2. The third kappa shape index (κ3) is 2.48. The molecule has 0 radical (unpaired) electrons. The van der Waals surface area contributed by atoms with Gasteiger partial charge in [0.25, 0.3) is 0 Å². The molecule has 0 aliphatic heterocycles. The van der Waals surface area contributed by atoms with Crippen LogP contribution in [0.25, 0.3) is 0 Å². The Morgan fingerprint density at radius 1 is 1.27 bits per heavy atom. The summed E-state index contributed by atoms with van der Waals surface area (Å²) in [4.78, 5) is 0. The van der Waals surface area contributed by atoms with Crippen LogP contribution in [0.15, 0.2) is 36.5 Å². The van der Waals surface area contributed by atoms with E-state index in [2.05, 4.69) is 51.5 Å². The van der Waals surface area contributed by atoms with E-state index in [1.165, 1.54) is 11.1 Å². The zero-order valence-corrected chi connectivity index (χ0v) is 10.2. The SMILES string of the molecule is Cc1nn(Cc2ccccc2)cc1CBr. The molecular weight excluding hydrogens is 252 g/mol. The molecule has 0 fully saturated rings. The van der Waals surface area contributed by atoms with Gasteiger partial charge in [-0.15, -0.1) is 0 Å². The molecule has 0 saturated heterocycles. The first-order valence-corrected chi connectivity index (χ1v) is 6.04. The number of rotatable bonds is 3. The predicted molar refractivity (Wildman–Crippen MR) is 65.1 cm³/mol. The van der Waals surface area contributed by atoms with Crippen molar-refractivity contribution in [3.63, 3.8) is 0 Å². The van der Waals surface area contributed by atoms with E-state index in [0.29, 0.717) is 0 Å². The first-order chi connectivity index (χ1) is 7.29. The fourth-order valence-corrected chi connectivity index (χ4v) is 2.09. The van der Waals surface area contributed by atoms with Crippen LogP contribution in [0.5, 0.6) is 0 Å². The van der Waals surface area contributed by atoms with Crippen LogP contribution in [0.2, 0.25) is 0 Å². The van der Waals surface area contributed by atoms with Crippen LogP contribution < -0.4 is 0 Å². The largest absolute Gasteiger partial charge is 0.268 e. The van der Waals surface area contributed by atoms with Gasteiger partial charge in [-0.3, -0.25) is 4.68 Å². The summed E-state index contributed by atoms with van der Waals surface area (Å²) in [5, 5.41) is 5.33. The molecule has 0 N–H and O–H groups in total. The minimum absolute atomic E-state index is 0.842. The van der Waals surface area contributed by atoms with E-state index >= 15 is 0 Å². The number of aryl methyl sites for hydroxylation is 1. The molecule has 0 amide bonds. The number of nitrogens with zero attached hydrogens (tertiary/aromatic N) is 2. The second kappa shape index (κ2) is 4.62. The van der Waals surface area contributed by atoms with Crippen LogP contribution >= 0.6 is 15.9 Å². The molecule has 0 spiro atoms. The summed E-state index contributed by atoms with van der Waals surface area (Å²) in [7, 11) is 0. The second-order valence-electron chi connectivity index (χ2n) is 3.56. The summed E-state index contributed by atoms with van der Waals surface area (Å²) in [5.74, 6) is 0. The number of benzene rings is 1. The predicted octanol–water partition coefficient (Wildman–Crippen LogP) is 3.13. The standard InChI is InChI=1S/C12H13BrN2/c1-10-12(7-13)9-15(14-10)8-11-5-3-2-4-6-11/h2-6,9H,7-8H2,1H3. The zero-order valence-electron chi connectivity index (χ0n) is 8.65. The molecule has 0 aliphatic rings. The third-order valence-electron chi connectivity index (χ3n) is 2.38. The lowest BCUT2D eigenvalue weighted by Gasteiger charge is -2.00. The van der Waals surface area contributed by atoms with Crippen molar-refractivity contribution >= 4 is 15.9 Å². The Morgan fingerprint density at radius 2 is 2.00 bits per heavy atom. The quantitative estimate of drug-likeness (QED) is 0.779. The Balaban J connectivity index is 2.18. The minimum Gasteiger partial charge on any atom is -0.268 e. The Labute approximate surface area is 98.1 Å². The van der Waals surface area contributed by atoms with Gasteiger partial charge in [-0.2, -0.15) is 5.10 Å². The lowest BCUT2D eigenvalue weighted by atomic mass is 10.2. The van der Waals surface area contributed by atoms with E-state index < -0.39 is 0 Å². The van der Waals surface area contributed by atoms with Crippen molar-refractivity contribution < 1.29 is 0 Å². The summed E-state index contributed by atoms with van der Waals surface area (Å²) in [5.41, 5.74) is 3.63. The molecule has 15 heavy (non-hydrogen) atoms. The summed E-state index contributed by atoms with van der Waals surface area (Å²) >= 11 is 3.45. The maximum absolute atomic E-state index is 4.46. The van der Waals surface area contributed by atoms with Crippen LogP contribution in [0, 0.1) is 6.92 Å². The fourth-order valence-electron chi connectivity index (χ4n) is 1.54. The highest BCUT2D eigenvalue weighted by Gasteiger charge is 2.03. The lowest BCUT2D eigenvalue weighted by molar-refractivity contribution is 0.679. The Morgan fingerprint density at radius 3 is 2.60 bits per heavy atom. The van der Waals surface area contributed by atoms with Crippen LogP contribution in [0.3, 0.4) is 0 Å². The van der Waals surface area contributed by atoms with E-state index in [0.717, 1.165) is 17.6 Å². The van der Waals surface area contributed by atoms with E-state index in [1.807, 2.05) is 17.7 Å². The van der Waals surface area contributed by atoms with Gasteiger partial charge in [0.15, 0.2) is 0 Å². The van der Waals surface area contributed by atoms with E-state index in [4.69, 9.17) is 0 Å². The molecule has 78 valence electrons. The maximum Gasteiger partial charge on any atom is 0.0659 e. The van der Waals surface area contributed by atoms with Crippen LogP contribution in [-0.4, -0.2) is 9.78 Å². The number of aromatic nitrogens is 2. The number of alkyl halides is 1. The van der Waals surface area contributed by atoms with Crippen molar-refractivity contribution in [3.8, 4) is 0 Å². The third-order valence-corrected chi connectivity index (χ3v) is 2.98. The highest BCUT2D eigenvalue weighted by molar-refractivity contribution is 9.08. The number of halogens is 1. The van der Waals surface area contributed by atoms with Crippen LogP contribution in [-0.2, 0) is 11.9 Å². The molecule has 0 saturated carbocycles. The summed E-state index contributed by atoms with van der Waals surface area (Å²) in [6, 6.07) is 10.4. The molecule has 2 nitrogen and oxygen atoms in total. The van der Waals surface area contributed by atoms with Crippen molar-refractivity contribution in [2.24, 2.45) is 0 Å². The highest BCUT2D eigenvalue weighted by Crippen LogP contribution is 2.11. The molecule has 0 unspecified atom stereocenters. The van der Waals surface area contributed by atoms with Gasteiger partial charge < -0.3 is 0 Å². The molecule has 2 aromatic rings. The van der Waals surface area contributed by atoms with Gasteiger partial charge in [-0.1, -0.05) is 46.3 Å². The molecule has 1 heterocycles. The summed E-state index contributed by atoms with van der Waals surface area (Å²) in [6.07, 6.45) is 2.09. The second-order valence-corrected chi connectivity index (χ2v) is 4.12. The van der Waals surface area contributed by atoms with Crippen LogP contribution in [0.1, 0.15) is 16.8 Å². The van der Waals surface area contributed by atoms with E-state index in [-0.39, 0.29) is 0 Å². The molecule has 1 aromatic heterocycles. The highest BCUT2D eigenvalue weighted by atomic mass is 79.9. The van der Waals surface area contributed by atoms with Crippen molar-refractivity contribution in [3.05, 3.63) is 53.3 Å². The summed E-state index contributed by atoms with van der Waals surface area (Å²) < 4.78 is 1.99. The normalized spacial score (nSPS) is 10.5. The Bertz CT molecular complexity index is 434. The van der Waals surface area contributed by atoms with Gasteiger partial charge in [0, 0.05) is 17.1 Å². The molecule has 1 aromatic carbocycles. The lowest BCUT2D eigenvalue weighted by Crippen LogP contribution is -1.99. The Hall–Kier alpha value is -1.09. The Kier molecular flexibility index (Phi) is 3.21. The fraction of sp³-hybridized carbons (Fsp3) is 0.250. The van der Waals surface area contributed by atoms with Gasteiger partial charge in [0.1, 0.15) is 0 Å². The summed E-state index contributed by atoms with van der Waals surface area (Å²) in [6.45, 7) is 2.88. The monoisotopic (exact) mass is 264 g/mol. The molecule has 2 rings (SSSR count). The van der Waals surface area contributed by atoms with Gasteiger partial charge in [-0.25, -0.2) is 0 Å². The van der Waals surface area contributed by atoms with Crippen molar-refractivity contribution in [2.75, 3.05) is 0 Å². The molecule has 0 atom stereocenters. The first-order valence-electron chi connectivity index (χ1n) is 4.92. The van der Waals surface area contributed by atoms with E-state index in [1.54, 1.807) is 0 Å². The molecule has 0 bridgehead atoms. The smallest absolute Gasteiger partial charge is 0.0659 e. The van der Waals surface area contributed by atoms with Gasteiger partial charge in [0.05, 0.1) is 12.2 Å². The molecule has 0 aliphatic carbocycles. The minimum atomic E-state index is 0.842. The zero-order chi connectivity index (χ0) is 10.7. The maximum atomic E-state index is 4.46. The van der Waals surface area contributed by atoms with Crippen molar-refractivity contribution in [1.29, 1.82) is 0 Å². The topological polar surface area (TPSA) is 17.8 Å².